The summed E-state index contributed by atoms with van der Waals surface area (Å²) in [6.07, 6.45) is 5.35. The second-order valence-electron chi connectivity index (χ2n) is 15.1. The van der Waals surface area contributed by atoms with Crippen LogP contribution in [0.1, 0.15) is 121 Å². The van der Waals surface area contributed by atoms with E-state index in [4.69, 9.17) is 10.5 Å². The van der Waals surface area contributed by atoms with Gasteiger partial charge in [-0.15, -0.1) is 0 Å². The number of nitrogens with zero attached hydrogens (tertiary/aromatic N) is 1. The van der Waals surface area contributed by atoms with Gasteiger partial charge in [0.1, 0.15) is 18.4 Å². The molecule has 3 unspecified atom stereocenters. The van der Waals surface area contributed by atoms with E-state index in [1.165, 1.54) is 4.90 Å². The van der Waals surface area contributed by atoms with Gasteiger partial charge in [0.15, 0.2) is 11.6 Å². The number of unbranched alkanes of at least 4 members (excludes halogenated alkanes) is 1. The topological polar surface area (TPSA) is 207 Å². The Balaban J connectivity index is 1.77. The van der Waals surface area contributed by atoms with E-state index in [0.717, 1.165) is 49.7 Å². The first-order chi connectivity index (χ1) is 25.7. The number of ketones is 4. The summed E-state index contributed by atoms with van der Waals surface area (Å²) in [4.78, 5) is 106. The minimum absolute atomic E-state index is 0.00720. The van der Waals surface area contributed by atoms with Crippen molar-refractivity contribution in [2.75, 3.05) is 13.2 Å². The van der Waals surface area contributed by atoms with Gasteiger partial charge in [-0.25, -0.2) is 4.79 Å². The molecule has 0 bridgehead atoms. The maximum atomic E-state index is 14.5. The molecule has 13 nitrogen and oxygen atoms in total. The Morgan fingerprint density at radius 3 is 2.22 bits per heavy atom. The van der Waals surface area contributed by atoms with Crippen LogP contribution in [0, 0.1) is 24.7 Å². The number of aryl methyl sites for hydroxylation is 1. The lowest BCUT2D eigenvalue weighted by atomic mass is 9.76. The van der Waals surface area contributed by atoms with E-state index >= 15 is 0 Å². The van der Waals surface area contributed by atoms with Crippen LogP contribution in [0.5, 0.6) is 0 Å². The zero-order valence-electron chi connectivity index (χ0n) is 32.1. The van der Waals surface area contributed by atoms with E-state index in [2.05, 4.69) is 5.32 Å². The van der Waals surface area contributed by atoms with E-state index < -0.39 is 78.2 Å². The summed E-state index contributed by atoms with van der Waals surface area (Å²) in [5, 5.41) is 11.8. The van der Waals surface area contributed by atoms with Crippen LogP contribution < -0.4 is 11.1 Å². The second-order valence-corrected chi connectivity index (χ2v) is 15.1. The van der Waals surface area contributed by atoms with Crippen molar-refractivity contribution < 1.29 is 48.2 Å². The van der Waals surface area contributed by atoms with Gasteiger partial charge >= 0.3 is 5.97 Å². The predicted octanol–water partition coefficient (Wildman–Crippen LogP) is 4.22. The largest absolute Gasteiger partial charge is 0.480 e. The van der Waals surface area contributed by atoms with Crippen LogP contribution in [0.3, 0.4) is 0 Å². The number of amides is 3. The molecule has 0 aromatic heterocycles. The van der Waals surface area contributed by atoms with Crippen molar-refractivity contribution in [3.05, 3.63) is 35.4 Å². The molecule has 1 saturated heterocycles. The number of benzene rings is 1. The lowest BCUT2D eigenvalue weighted by Crippen LogP contribution is -2.47. The maximum absolute atomic E-state index is 14.5. The van der Waals surface area contributed by atoms with Gasteiger partial charge in [0, 0.05) is 56.9 Å². The summed E-state index contributed by atoms with van der Waals surface area (Å²) >= 11 is 0. The highest BCUT2D eigenvalue weighted by molar-refractivity contribution is 6.38. The maximum Gasteiger partial charge on any atom is 0.329 e. The van der Waals surface area contributed by atoms with Crippen molar-refractivity contribution in [2.24, 2.45) is 23.5 Å². The summed E-state index contributed by atoms with van der Waals surface area (Å²) in [6.45, 7) is 5.05. The van der Waals surface area contributed by atoms with Gasteiger partial charge in [-0.1, -0.05) is 82.2 Å². The highest BCUT2D eigenvalue weighted by atomic mass is 16.5. The molecule has 3 amide bonds. The number of rotatable bonds is 24. The normalized spacial score (nSPS) is 19.1. The van der Waals surface area contributed by atoms with Gasteiger partial charge in [-0.3, -0.25) is 33.6 Å². The number of Topliss-reactive ketones (excluding diaryl/α,β-unsaturated/α-hetero) is 4. The lowest BCUT2D eigenvalue weighted by Gasteiger charge is -2.34. The second kappa shape index (κ2) is 22.2. The van der Waals surface area contributed by atoms with Crippen LogP contribution in [-0.2, 0) is 49.5 Å². The molecule has 2 aliphatic rings. The van der Waals surface area contributed by atoms with Crippen molar-refractivity contribution in [2.45, 2.75) is 142 Å². The van der Waals surface area contributed by atoms with Crippen molar-refractivity contribution in [3.63, 3.8) is 0 Å². The Kier molecular flexibility index (Phi) is 18.1. The smallest absolute Gasteiger partial charge is 0.329 e. The minimum atomic E-state index is -1.20. The summed E-state index contributed by atoms with van der Waals surface area (Å²) in [5.74, 6) is -6.67. The van der Waals surface area contributed by atoms with Crippen molar-refractivity contribution in [1.82, 2.24) is 10.2 Å². The molecule has 3 rings (SSSR count). The third kappa shape index (κ3) is 13.9. The molecular weight excluding hydrogens is 694 g/mol. The minimum Gasteiger partial charge on any atom is -0.480 e. The Morgan fingerprint density at radius 1 is 0.926 bits per heavy atom. The Hall–Kier alpha value is -4.26. The number of carboxylic acids is 1. The molecule has 1 saturated carbocycles. The Labute approximate surface area is 318 Å². The highest BCUT2D eigenvalue weighted by Crippen LogP contribution is 2.36. The van der Waals surface area contributed by atoms with E-state index in [0.29, 0.717) is 19.3 Å². The van der Waals surface area contributed by atoms with Crippen LogP contribution in [0.2, 0.25) is 0 Å². The molecule has 13 heteroatoms. The van der Waals surface area contributed by atoms with Gasteiger partial charge < -0.3 is 25.8 Å². The van der Waals surface area contributed by atoms with E-state index in [-0.39, 0.29) is 62.7 Å². The summed E-state index contributed by atoms with van der Waals surface area (Å²) in [7, 11) is 0. The SMILES string of the molecule is CCCCC(NC(=O)CCC(=O)C(=O)C(CCC)CC(=O)[C@@H]1C[C@@H](OCC(=O)O)CN1C(=O)C(CC(=O)Cc1ccc(C)cc1)C1CCCCC1)C(N)=O. The molecule has 1 aromatic carbocycles. The van der Waals surface area contributed by atoms with Gasteiger partial charge in [0.2, 0.25) is 23.5 Å². The van der Waals surface area contributed by atoms with Crippen LogP contribution in [0.4, 0.5) is 0 Å². The number of carbonyl (C=O) groups is 8. The molecule has 1 aliphatic heterocycles. The number of primary amides is 1. The molecule has 54 heavy (non-hydrogen) atoms. The number of hydrogen-bond donors (Lipinski definition) is 3. The van der Waals surface area contributed by atoms with Gasteiger partial charge in [0.25, 0.3) is 0 Å². The molecular formula is C41H59N3O10. The number of aliphatic carboxylic acids is 1. The first kappa shape index (κ1) is 44.1. The zero-order chi connectivity index (χ0) is 39.8. The fourth-order valence-electron chi connectivity index (χ4n) is 7.70. The fourth-order valence-corrected chi connectivity index (χ4v) is 7.70. The average molecular weight is 754 g/mol. The average Bonchev–Trinajstić information content (AvgIpc) is 3.58. The van der Waals surface area contributed by atoms with Crippen molar-refractivity contribution in [3.8, 4) is 0 Å². The quantitative estimate of drug-likeness (QED) is 0.128. The number of nitrogens with two attached hydrogens (primary N) is 1. The van der Waals surface area contributed by atoms with E-state index in [9.17, 15) is 43.5 Å². The molecule has 2 fully saturated rings. The van der Waals surface area contributed by atoms with E-state index in [1.54, 1.807) is 0 Å². The molecule has 1 aromatic rings. The number of nitrogens with one attached hydrogen (secondary N) is 1. The molecule has 0 spiro atoms. The van der Waals surface area contributed by atoms with Crippen LogP contribution in [0.25, 0.3) is 0 Å². The summed E-state index contributed by atoms with van der Waals surface area (Å²) in [5.41, 5.74) is 7.31. The van der Waals surface area contributed by atoms with Crippen LogP contribution >= 0.6 is 0 Å². The highest BCUT2D eigenvalue weighted by Gasteiger charge is 2.45. The standard InChI is InChI=1S/C41H59N3O10/c1-4-6-13-33(40(42)52)43-37(48)19-18-35(46)39(51)29(10-5-2)21-36(47)34-23-31(54-25-38(49)50)24-44(34)41(53)32(28-11-8-7-9-12-28)22-30(45)20-27-16-14-26(3)15-17-27/h14-17,28-29,31-34H,4-13,18-25H2,1-3H3,(H2,42,52)(H,43,48)(H,49,50)/t29?,31-,32?,33?,34+/m1/s1. The first-order valence-corrected chi connectivity index (χ1v) is 19.6. The van der Waals surface area contributed by atoms with Crippen molar-refractivity contribution in [1.29, 1.82) is 0 Å². The molecule has 1 aliphatic carbocycles. The molecule has 298 valence electrons. The number of carbonyl (C=O) groups excluding carboxylic acids is 7. The number of carboxylic acid groups (broad SMARTS) is 1. The summed E-state index contributed by atoms with van der Waals surface area (Å²) < 4.78 is 5.58. The third-order valence-corrected chi connectivity index (χ3v) is 10.7. The van der Waals surface area contributed by atoms with Crippen LogP contribution in [0.15, 0.2) is 24.3 Å². The fraction of sp³-hybridized carbons (Fsp3) is 0.659. The van der Waals surface area contributed by atoms with Crippen molar-refractivity contribution >= 4 is 46.8 Å². The van der Waals surface area contributed by atoms with E-state index in [1.807, 2.05) is 45.0 Å². The third-order valence-electron chi connectivity index (χ3n) is 10.7. The number of likely N-dealkylation sites (tertiary alicyclic amines) is 1. The predicted molar refractivity (Wildman–Crippen MR) is 200 cm³/mol. The number of ether oxygens (including phenoxy) is 1. The van der Waals surface area contributed by atoms with Gasteiger partial charge in [-0.2, -0.15) is 0 Å². The molecule has 1 heterocycles. The monoisotopic (exact) mass is 753 g/mol. The van der Waals surface area contributed by atoms with Crippen LogP contribution in [-0.4, -0.2) is 88.2 Å². The van der Waals surface area contributed by atoms with Gasteiger partial charge in [-0.05, 0) is 44.1 Å². The first-order valence-electron chi connectivity index (χ1n) is 19.6. The lowest BCUT2D eigenvalue weighted by molar-refractivity contribution is -0.146. The molecule has 5 atom stereocenters. The molecule has 4 N–H and O–H groups in total. The molecule has 0 radical (unpaired) electrons. The Bertz CT molecular complexity index is 1490. The van der Waals surface area contributed by atoms with Gasteiger partial charge in [0.05, 0.1) is 12.1 Å². The Morgan fingerprint density at radius 2 is 1.61 bits per heavy atom. The number of hydrogen-bond acceptors (Lipinski definition) is 9. The summed E-state index contributed by atoms with van der Waals surface area (Å²) in [6, 6.07) is 5.74. The zero-order valence-corrected chi connectivity index (χ0v) is 32.1.